The highest BCUT2D eigenvalue weighted by molar-refractivity contribution is 7.12. The number of rotatable bonds is 6. The van der Waals surface area contributed by atoms with Gasteiger partial charge in [-0.2, -0.15) is 0 Å². The number of carbonyl (C=O) groups excluding carboxylic acids is 2. The minimum Gasteiger partial charge on any atom is -0.503 e. The number of thiophene rings is 1. The van der Waals surface area contributed by atoms with Crippen molar-refractivity contribution in [1.29, 1.82) is 0 Å². The summed E-state index contributed by atoms with van der Waals surface area (Å²) in [7, 11) is 3.03. The summed E-state index contributed by atoms with van der Waals surface area (Å²) in [5, 5.41) is 12.6. The Labute approximate surface area is 192 Å². The van der Waals surface area contributed by atoms with Crippen molar-refractivity contribution >= 4 is 40.0 Å². The van der Waals surface area contributed by atoms with Crippen LogP contribution in [-0.4, -0.2) is 41.0 Å². The number of nitrogens with zero attached hydrogens (tertiary/aromatic N) is 2. The molecule has 1 atom stereocenters. The molecule has 5 rings (SSSR count). The molecule has 4 aromatic rings. The molecular formula is C24H19N3O5S. The summed E-state index contributed by atoms with van der Waals surface area (Å²) >= 11 is 1.24. The first-order valence-corrected chi connectivity index (χ1v) is 10.9. The monoisotopic (exact) mass is 461 g/mol. The highest BCUT2D eigenvalue weighted by Crippen LogP contribution is 2.43. The van der Waals surface area contributed by atoms with Gasteiger partial charge in [-0.05, 0) is 41.3 Å². The lowest BCUT2D eigenvalue weighted by atomic mass is 9.95. The average Bonchev–Trinajstić information content (AvgIpc) is 3.57. The summed E-state index contributed by atoms with van der Waals surface area (Å²) in [5.41, 5.74) is 1.92. The standard InChI is InChI=1S/C24H19N3O5S/c1-31-16-10-9-13(12-17(16)32-2)20-19(21(28)18-8-5-11-33-18)22(29)23(30)27(20)24-25-14-6-3-4-7-15(14)26-24/h3-12,20,29H,1-2H3,(H,25,26). The van der Waals surface area contributed by atoms with E-state index >= 15 is 0 Å². The smallest absolute Gasteiger partial charge is 0.296 e. The van der Waals surface area contributed by atoms with Crippen LogP contribution in [0.5, 0.6) is 11.5 Å². The Kier molecular flexibility index (Phi) is 5.10. The number of fused-ring (bicyclic) bond motifs is 1. The summed E-state index contributed by atoms with van der Waals surface area (Å²) in [6.07, 6.45) is 0. The van der Waals surface area contributed by atoms with Crippen LogP contribution < -0.4 is 14.4 Å². The van der Waals surface area contributed by atoms with Crippen LogP contribution in [0.2, 0.25) is 0 Å². The second-order valence-electron chi connectivity index (χ2n) is 7.34. The molecule has 1 unspecified atom stereocenters. The van der Waals surface area contributed by atoms with E-state index in [4.69, 9.17) is 9.47 Å². The van der Waals surface area contributed by atoms with Crippen LogP contribution in [0.25, 0.3) is 11.0 Å². The van der Waals surface area contributed by atoms with Crippen LogP contribution in [0.1, 0.15) is 21.3 Å². The Morgan fingerprint density at radius 1 is 1.09 bits per heavy atom. The van der Waals surface area contributed by atoms with Gasteiger partial charge in [-0.25, -0.2) is 4.98 Å². The number of hydrogen-bond acceptors (Lipinski definition) is 7. The normalized spacial score (nSPS) is 16.0. The average molecular weight is 461 g/mol. The second-order valence-corrected chi connectivity index (χ2v) is 8.29. The number of methoxy groups -OCH3 is 2. The SMILES string of the molecule is COc1ccc(C2C(C(=O)c3cccs3)=C(O)C(=O)N2c2nc3ccccc3[nH]2)cc1OC. The second kappa shape index (κ2) is 8.10. The fraction of sp³-hybridized carbons (Fsp3) is 0.125. The van der Waals surface area contributed by atoms with Crippen LogP contribution in [0, 0.1) is 0 Å². The molecule has 0 aliphatic carbocycles. The molecule has 0 spiro atoms. The zero-order chi connectivity index (χ0) is 23.1. The fourth-order valence-corrected chi connectivity index (χ4v) is 4.67. The van der Waals surface area contributed by atoms with E-state index < -0.39 is 23.5 Å². The third-order valence-electron chi connectivity index (χ3n) is 5.53. The molecule has 1 aliphatic heterocycles. The molecule has 33 heavy (non-hydrogen) atoms. The van der Waals surface area contributed by atoms with Gasteiger partial charge in [0, 0.05) is 0 Å². The first-order chi connectivity index (χ1) is 16.0. The molecule has 8 nitrogen and oxygen atoms in total. The van der Waals surface area contributed by atoms with Crippen molar-refractivity contribution in [3.05, 3.63) is 81.8 Å². The number of aliphatic hydroxyl groups excluding tert-OH is 1. The number of para-hydroxylation sites is 2. The molecule has 3 heterocycles. The van der Waals surface area contributed by atoms with Crippen molar-refractivity contribution in [3.63, 3.8) is 0 Å². The molecule has 0 fully saturated rings. The quantitative estimate of drug-likeness (QED) is 0.412. The van der Waals surface area contributed by atoms with Crippen molar-refractivity contribution in [2.75, 3.05) is 19.1 Å². The molecule has 166 valence electrons. The Balaban J connectivity index is 1.70. The highest BCUT2D eigenvalue weighted by Gasteiger charge is 2.46. The van der Waals surface area contributed by atoms with Gasteiger partial charge in [-0.3, -0.25) is 14.5 Å². The van der Waals surface area contributed by atoms with Crippen LogP contribution in [0.3, 0.4) is 0 Å². The number of benzene rings is 2. The first kappa shape index (κ1) is 20.8. The molecule has 2 aromatic heterocycles. The summed E-state index contributed by atoms with van der Waals surface area (Å²) < 4.78 is 10.8. The van der Waals surface area contributed by atoms with Gasteiger partial charge in [0.1, 0.15) is 0 Å². The number of carbonyl (C=O) groups is 2. The Morgan fingerprint density at radius 2 is 1.88 bits per heavy atom. The van der Waals surface area contributed by atoms with Crippen LogP contribution in [-0.2, 0) is 4.79 Å². The lowest BCUT2D eigenvalue weighted by Gasteiger charge is -2.25. The number of nitrogens with one attached hydrogen (secondary N) is 1. The van der Waals surface area contributed by atoms with E-state index in [1.165, 1.54) is 30.5 Å². The minimum absolute atomic E-state index is 0.0184. The molecule has 0 radical (unpaired) electrons. The van der Waals surface area contributed by atoms with Gasteiger partial charge < -0.3 is 19.6 Å². The van der Waals surface area contributed by atoms with Crippen molar-refractivity contribution in [2.45, 2.75) is 6.04 Å². The molecule has 1 aliphatic rings. The number of amides is 1. The number of anilines is 1. The van der Waals surface area contributed by atoms with Gasteiger partial charge in [0.25, 0.3) is 5.91 Å². The van der Waals surface area contributed by atoms with Crippen LogP contribution in [0.4, 0.5) is 5.95 Å². The molecule has 0 bridgehead atoms. The fourth-order valence-electron chi connectivity index (χ4n) is 3.99. The van der Waals surface area contributed by atoms with E-state index in [9.17, 15) is 14.7 Å². The van der Waals surface area contributed by atoms with E-state index in [1.807, 2.05) is 24.3 Å². The third-order valence-corrected chi connectivity index (χ3v) is 6.39. The van der Waals surface area contributed by atoms with Gasteiger partial charge in [0.2, 0.25) is 11.7 Å². The van der Waals surface area contributed by atoms with Gasteiger partial charge >= 0.3 is 0 Å². The van der Waals surface area contributed by atoms with Gasteiger partial charge in [-0.1, -0.05) is 24.3 Å². The predicted molar refractivity (Wildman–Crippen MR) is 124 cm³/mol. The molecule has 1 amide bonds. The maximum Gasteiger partial charge on any atom is 0.296 e. The molecule has 2 N–H and O–H groups in total. The largest absolute Gasteiger partial charge is 0.503 e. The van der Waals surface area contributed by atoms with E-state index in [0.29, 0.717) is 27.5 Å². The van der Waals surface area contributed by atoms with Crippen molar-refractivity contribution < 1.29 is 24.2 Å². The lowest BCUT2D eigenvalue weighted by molar-refractivity contribution is -0.117. The molecule has 0 saturated heterocycles. The first-order valence-electron chi connectivity index (χ1n) is 10.0. The van der Waals surface area contributed by atoms with Crippen molar-refractivity contribution in [1.82, 2.24) is 9.97 Å². The minimum atomic E-state index is -0.924. The lowest BCUT2D eigenvalue weighted by Crippen LogP contribution is -2.32. The zero-order valence-electron chi connectivity index (χ0n) is 17.7. The van der Waals surface area contributed by atoms with Crippen LogP contribution >= 0.6 is 11.3 Å². The van der Waals surface area contributed by atoms with E-state index in [-0.39, 0.29) is 11.5 Å². The van der Waals surface area contributed by atoms with Crippen LogP contribution in [0.15, 0.2) is 71.3 Å². The zero-order valence-corrected chi connectivity index (χ0v) is 18.6. The van der Waals surface area contributed by atoms with Crippen molar-refractivity contribution in [3.8, 4) is 11.5 Å². The third kappa shape index (κ3) is 3.33. The van der Waals surface area contributed by atoms with E-state index in [2.05, 4.69) is 9.97 Å². The number of hydrogen-bond donors (Lipinski definition) is 2. The van der Waals surface area contributed by atoms with E-state index in [0.717, 1.165) is 5.52 Å². The summed E-state index contributed by atoms with van der Waals surface area (Å²) in [5.74, 6) is -0.584. The number of aromatic amines is 1. The highest BCUT2D eigenvalue weighted by atomic mass is 32.1. The molecule has 9 heteroatoms. The molecule has 0 saturated carbocycles. The number of Topliss-reactive ketones (excluding diaryl/α,β-unsaturated/α-hetero) is 1. The Morgan fingerprint density at radius 3 is 2.58 bits per heavy atom. The Bertz CT molecular complexity index is 1370. The van der Waals surface area contributed by atoms with E-state index in [1.54, 1.807) is 35.7 Å². The molecular weight excluding hydrogens is 442 g/mol. The predicted octanol–water partition coefficient (Wildman–Crippen LogP) is 4.42. The summed E-state index contributed by atoms with van der Waals surface area (Å²) in [4.78, 5) is 36.1. The van der Waals surface area contributed by atoms with Gasteiger partial charge in [0.05, 0.1) is 41.7 Å². The topological polar surface area (TPSA) is 105 Å². The Hall–Kier alpha value is -4.11. The van der Waals surface area contributed by atoms with Gasteiger partial charge in [0.15, 0.2) is 17.3 Å². The summed E-state index contributed by atoms with van der Waals surface area (Å²) in [6.45, 7) is 0. The molecule has 2 aromatic carbocycles. The number of imidazole rings is 1. The number of H-pyrrole nitrogens is 1. The number of aliphatic hydroxyl groups is 1. The summed E-state index contributed by atoms with van der Waals surface area (Å²) in [6, 6.07) is 14.9. The number of ether oxygens (including phenoxy) is 2. The maximum absolute atomic E-state index is 13.4. The van der Waals surface area contributed by atoms with Crippen molar-refractivity contribution in [2.24, 2.45) is 0 Å². The number of aromatic nitrogens is 2. The van der Waals surface area contributed by atoms with Gasteiger partial charge in [-0.15, -0.1) is 11.3 Å². The number of ketones is 1. The maximum atomic E-state index is 13.4.